The van der Waals surface area contributed by atoms with Crippen LogP contribution in [-0.2, 0) is 10.4 Å². The molecular weight excluding hydrogens is 382 g/mol. The van der Waals surface area contributed by atoms with Crippen LogP contribution in [0.2, 0.25) is 0 Å². The van der Waals surface area contributed by atoms with Crippen LogP contribution in [0, 0.1) is 10.1 Å². The summed E-state index contributed by atoms with van der Waals surface area (Å²) in [6.45, 7) is 0. The molecule has 1 amide bonds. The number of hydrogen-bond acceptors (Lipinski definition) is 5. The molecule has 2 N–H and O–H groups in total. The zero-order valence-electron chi connectivity index (χ0n) is 15.9. The van der Waals surface area contributed by atoms with Crippen LogP contribution in [0.4, 0.5) is 5.69 Å². The van der Waals surface area contributed by atoms with E-state index in [-0.39, 0.29) is 5.69 Å². The van der Waals surface area contributed by atoms with Crippen LogP contribution in [0.3, 0.4) is 0 Å². The zero-order valence-corrected chi connectivity index (χ0v) is 15.9. The fourth-order valence-electron chi connectivity index (χ4n) is 2.95. The van der Waals surface area contributed by atoms with Crippen LogP contribution in [0.1, 0.15) is 16.7 Å². The molecule has 30 heavy (non-hydrogen) atoms. The minimum absolute atomic E-state index is 0.0336. The molecule has 0 atom stereocenters. The number of nitrogens with one attached hydrogen (secondary N) is 1. The number of carbonyl (C=O) groups is 1. The molecule has 150 valence electrons. The number of benzene rings is 3. The van der Waals surface area contributed by atoms with Crippen molar-refractivity contribution in [3.05, 3.63) is 118 Å². The number of hydrogen-bond donors (Lipinski definition) is 2. The number of carbonyl (C=O) groups excluding carboxylic acids is 1. The van der Waals surface area contributed by atoms with Gasteiger partial charge in [0.05, 0.1) is 10.5 Å². The molecule has 0 unspecified atom stereocenters. The predicted molar refractivity (Wildman–Crippen MR) is 115 cm³/mol. The molecule has 0 bridgehead atoms. The molecule has 0 saturated heterocycles. The third kappa shape index (κ3) is 4.48. The quantitative estimate of drug-likeness (QED) is 0.358. The van der Waals surface area contributed by atoms with Crippen LogP contribution in [-0.4, -0.2) is 22.2 Å². The molecule has 0 aromatic heterocycles. The number of allylic oxidation sites excluding steroid dienone is 1. The fraction of sp³-hybridized carbons (Fsp3) is 0.0435. The topological polar surface area (TPSA) is 105 Å². The number of hydrazone groups is 1. The van der Waals surface area contributed by atoms with Crippen molar-refractivity contribution in [3.63, 3.8) is 0 Å². The highest BCUT2D eigenvalue weighted by molar-refractivity contribution is 5.91. The molecule has 0 aliphatic rings. The number of amides is 1. The summed E-state index contributed by atoms with van der Waals surface area (Å²) < 4.78 is 0. The Kier molecular flexibility index (Phi) is 6.46. The van der Waals surface area contributed by atoms with E-state index in [4.69, 9.17) is 0 Å². The van der Waals surface area contributed by atoms with Gasteiger partial charge in [-0.2, -0.15) is 5.10 Å². The van der Waals surface area contributed by atoms with Crippen molar-refractivity contribution < 1.29 is 14.8 Å². The van der Waals surface area contributed by atoms with E-state index in [1.807, 2.05) is 0 Å². The molecule has 0 saturated carbocycles. The highest BCUT2D eigenvalue weighted by Gasteiger charge is 2.39. The molecular formula is C23H19N3O4. The van der Waals surface area contributed by atoms with E-state index in [0.29, 0.717) is 16.7 Å². The minimum atomic E-state index is -1.93. The molecule has 0 fully saturated rings. The van der Waals surface area contributed by atoms with E-state index in [2.05, 4.69) is 10.5 Å². The summed E-state index contributed by atoms with van der Waals surface area (Å²) in [5.41, 5.74) is 1.59. The van der Waals surface area contributed by atoms with Crippen LogP contribution < -0.4 is 5.43 Å². The summed E-state index contributed by atoms with van der Waals surface area (Å²) in [6.07, 6.45) is 4.26. The van der Waals surface area contributed by atoms with Gasteiger partial charge < -0.3 is 5.11 Å². The normalized spacial score (nSPS) is 11.6. The summed E-state index contributed by atoms with van der Waals surface area (Å²) in [5.74, 6) is -0.727. The standard InChI is InChI=1S/C23H19N3O4/c27-22(25-24-17-9-11-18-10-7-8-16-21(18)26(29)30)23(28,19-12-3-1-4-13-19)20-14-5-2-6-15-20/h1-17,28H,(H,25,27)/b11-9+,24-17-. The van der Waals surface area contributed by atoms with Gasteiger partial charge in [-0.1, -0.05) is 72.8 Å². The first-order valence-corrected chi connectivity index (χ1v) is 9.10. The second-order valence-electron chi connectivity index (χ2n) is 6.34. The Morgan fingerprint density at radius 2 is 1.47 bits per heavy atom. The molecule has 0 aliphatic heterocycles. The number of aliphatic hydroxyl groups is 1. The van der Waals surface area contributed by atoms with Crippen LogP contribution in [0.15, 0.2) is 96.1 Å². The van der Waals surface area contributed by atoms with Gasteiger partial charge in [-0.25, -0.2) is 5.43 Å². The Morgan fingerprint density at radius 3 is 2.03 bits per heavy atom. The van der Waals surface area contributed by atoms with Crippen LogP contribution >= 0.6 is 0 Å². The highest BCUT2D eigenvalue weighted by Crippen LogP contribution is 2.29. The van der Waals surface area contributed by atoms with Crippen molar-refractivity contribution in [1.29, 1.82) is 0 Å². The van der Waals surface area contributed by atoms with Crippen molar-refractivity contribution in [2.24, 2.45) is 5.10 Å². The molecule has 3 aromatic rings. The lowest BCUT2D eigenvalue weighted by Gasteiger charge is -2.26. The maximum atomic E-state index is 12.9. The maximum absolute atomic E-state index is 12.9. The molecule has 3 aromatic carbocycles. The summed E-state index contributed by atoms with van der Waals surface area (Å²) in [5, 5.41) is 26.1. The largest absolute Gasteiger partial charge is 0.372 e. The van der Waals surface area contributed by atoms with Gasteiger partial charge in [0.25, 0.3) is 11.6 Å². The van der Waals surface area contributed by atoms with Crippen molar-refractivity contribution >= 4 is 23.9 Å². The highest BCUT2D eigenvalue weighted by atomic mass is 16.6. The number of nitro groups is 1. The Morgan fingerprint density at radius 1 is 0.933 bits per heavy atom. The third-order valence-corrected chi connectivity index (χ3v) is 4.45. The number of rotatable bonds is 7. The molecule has 0 spiro atoms. The van der Waals surface area contributed by atoms with Gasteiger partial charge in [0, 0.05) is 12.3 Å². The first kappa shape index (κ1) is 20.6. The number of nitro benzene ring substituents is 1. The minimum Gasteiger partial charge on any atom is -0.372 e. The lowest BCUT2D eigenvalue weighted by atomic mass is 9.85. The molecule has 0 heterocycles. The second kappa shape index (κ2) is 9.40. The van der Waals surface area contributed by atoms with Crippen LogP contribution in [0.25, 0.3) is 6.08 Å². The summed E-state index contributed by atoms with van der Waals surface area (Å²) in [4.78, 5) is 23.4. The van der Waals surface area contributed by atoms with Crippen LogP contribution in [0.5, 0.6) is 0 Å². The summed E-state index contributed by atoms with van der Waals surface area (Å²) >= 11 is 0. The Hall–Kier alpha value is -4.10. The Balaban J connectivity index is 1.78. The number of nitrogens with zero attached hydrogens (tertiary/aromatic N) is 2. The molecule has 0 aliphatic carbocycles. The SMILES string of the molecule is O=C(N/N=C\C=C\c1ccccc1[N+](=O)[O-])C(O)(c1ccccc1)c1ccccc1. The Bertz CT molecular complexity index is 1040. The average molecular weight is 401 g/mol. The monoisotopic (exact) mass is 401 g/mol. The average Bonchev–Trinajstić information content (AvgIpc) is 2.79. The van der Waals surface area contributed by atoms with E-state index < -0.39 is 16.4 Å². The van der Waals surface area contributed by atoms with Gasteiger partial charge in [0.1, 0.15) is 0 Å². The van der Waals surface area contributed by atoms with Gasteiger partial charge in [0.15, 0.2) is 5.60 Å². The Labute approximate surface area is 173 Å². The van der Waals surface area contributed by atoms with Crippen molar-refractivity contribution in [3.8, 4) is 0 Å². The summed E-state index contributed by atoms with van der Waals surface area (Å²) in [7, 11) is 0. The van der Waals surface area contributed by atoms with Crippen molar-refractivity contribution in [1.82, 2.24) is 5.43 Å². The predicted octanol–water partition coefficient (Wildman–Crippen LogP) is 3.65. The second-order valence-corrected chi connectivity index (χ2v) is 6.34. The van der Waals surface area contributed by atoms with Gasteiger partial charge in [-0.3, -0.25) is 14.9 Å². The smallest absolute Gasteiger partial charge is 0.281 e. The van der Waals surface area contributed by atoms with Crippen molar-refractivity contribution in [2.75, 3.05) is 0 Å². The first-order valence-electron chi connectivity index (χ1n) is 9.10. The van der Waals surface area contributed by atoms with E-state index in [0.717, 1.165) is 0 Å². The zero-order chi connectivity index (χ0) is 21.4. The molecule has 0 radical (unpaired) electrons. The van der Waals surface area contributed by atoms with E-state index in [1.54, 1.807) is 78.9 Å². The molecule has 7 nitrogen and oxygen atoms in total. The molecule has 3 rings (SSSR count). The van der Waals surface area contributed by atoms with Crippen molar-refractivity contribution in [2.45, 2.75) is 5.60 Å². The van der Waals surface area contributed by atoms with Gasteiger partial charge in [-0.05, 0) is 29.3 Å². The lowest BCUT2D eigenvalue weighted by Crippen LogP contribution is -2.43. The third-order valence-electron chi connectivity index (χ3n) is 4.45. The van der Waals surface area contributed by atoms with E-state index in [9.17, 15) is 20.0 Å². The first-order chi connectivity index (χ1) is 14.5. The molecule has 7 heteroatoms. The fourth-order valence-corrected chi connectivity index (χ4v) is 2.95. The van der Waals surface area contributed by atoms with Gasteiger partial charge >= 0.3 is 0 Å². The lowest BCUT2D eigenvalue weighted by molar-refractivity contribution is -0.385. The van der Waals surface area contributed by atoms with Gasteiger partial charge in [0.2, 0.25) is 0 Å². The van der Waals surface area contributed by atoms with Gasteiger partial charge in [-0.15, -0.1) is 0 Å². The van der Waals surface area contributed by atoms with E-state index >= 15 is 0 Å². The number of para-hydroxylation sites is 1. The van der Waals surface area contributed by atoms with E-state index in [1.165, 1.54) is 24.4 Å². The maximum Gasteiger partial charge on any atom is 0.281 e. The summed E-state index contributed by atoms with van der Waals surface area (Å²) in [6, 6.07) is 23.4.